The third-order valence-corrected chi connectivity index (χ3v) is 3.53. The third kappa shape index (κ3) is 2.96. The van der Waals surface area contributed by atoms with Gasteiger partial charge in [-0.2, -0.15) is 0 Å². The molecule has 0 heterocycles. The zero-order valence-corrected chi connectivity index (χ0v) is 12.1. The van der Waals surface area contributed by atoms with E-state index in [1.807, 2.05) is 42.5 Å². The van der Waals surface area contributed by atoms with Gasteiger partial charge in [0, 0.05) is 22.4 Å². The van der Waals surface area contributed by atoms with Gasteiger partial charge in [0.15, 0.2) is 0 Å². The molecule has 1 N–H and O–H groups in total. The van der Waals surface area contributed by atoms with Gasteiger partial charge in [-0.1, -0.05) is 18.2 Å². The number of nitrogens with zero attached hydrogens (tertiary/aromatic N) is 1. The quantitative estimate of drug-likeness (QED) is 0.913. The molecule has 2 aromatic rings. The number of para-hydroxylation sites is 1. The van der Waals surface area contributed by atoms with Crippen LogP contribution in [-0.4, -0.2) is 17.6 Å². The number of hydrogen-bond donors (Lipinski definition) is 1. The molecule has 98 valence electrons. The minimum Gasteiger partial charge on any atom is -0.478 e. The predicted molar refractivity (Wildman–Crippen MR) is 80.2 cm³/mol. The summed E-state index contributed by atoms with van der Waals surface area (Å²) < 4.78 is 0.590. The lowest BCUT2D eigenvalue weighted by molar-refractivity contribution is 0.0696. The van der Waals surface area contributed by atoms with E-state index in [0.717, 1.165) is 17.9 Å². The van der Waals surface area contributed by atoms with Gasteiger partial charge in [0.2, 0.25) is 0 Å². The summed E-state index contributed by atoms with van der Waals surface area (Å²) in [5.74, 6) is -0.929. The van der Waals surface area contributed by atoms with Gasteiger partial charge in [0.05, 0.1) is 5.56 Å². The van der Waals surface area contributed by atoms with Gasteiger partial charge in [0.25, 0.3) is 0 Å². The first-order valence-electron chi connectivity index (χ1n) is 5.99. The van der Waals surface area contributed by atoms with E-state index in [4.69, 9.17) is 5.11 Å². The average molecular weight is 320 g/mol. The maximum atomic E-state index is 11.0. The Hall–Kier alpha value is -1.81. The summed E-state index contributed by atoms with van der Waals surface area (Å²) >= 11 is 3.31. The second-order valence-electron chi connectivity index (χ2n) is 4.05. The number of carboxylic acids is 1. The van der Waals surface area contributed by atoms with E-state index < -0.39 is 5.97 Å². The summed E-state index contributed by atoms with van der Waals surface area (Å²) in [7, 11) is 0. The van der Waals surface area contributed by atoms with Crippen LogP contribution in [0.25, 0.3) is 0 Å². The number of hydrogen-bond acceptors (Lipinski definition) is 2. The maximum Gasteiger partial charge on any atom is 0.336 e. The largest absolute Gasteiger partial charge is 0.478 e. The van der Waals surface area contributed by atoms with E-state index in [0.29, 0.717) is 4.47 Å². The number of halogens is 1. The van der Waals surface area contributed by atoms with Gasteiger partial charge in [-0.25, -0.2) is 4.79 Å². The number of carboxylic acid groups (broad SMARTS) is 1. The number of aromatic carboxylic acids is 1. The summed E-state index contributed by atoms with van der Waals surface area (Å²) in [5.41, 5.74) is 2.32. The first-order chi connectivity index (χ1) is 9.13. The molecule has 0 aliphatic rings. The van der Waals surface area contributed by atoms with Crippen molar-refractivity contribution in [1.82, 2.24) is 0 Å². The minimum atomic E-state index is -0.929. The lowest BCUT2D eigenvalue weighted by Crippen LogP contribution is -2.16. The summed E-state index contributed by atoms with van der Waals surface area (Å²) in [5, 5.41) is 9.03. The fourth-order valence-corrected chi connectivity index (χ4v) is 2.50. The summed E-state index contributed by atoms with van der Waals surface area (Å²) in [6, 6.07) is 15.3. The van der Waals surface area contributed by atoms with Gasteiger partial charge in [-0.15, -0.1) is 0 Å². The summed E-state index contributed by atoms with van der Waals surface area (Å²) in [4.78, 5) is 13.1. The number of rotatable bonds is 4. The van der Waals surface area contributed by atoms with Crippen molar-refractivity contribution in [2.24, 2.45) is 0 Å². The van der Waals surface area contributed by atoms with Crippen LogP contribution in [-0.2, 0) is 0 Å². The highest BCUT2D eigenvalue weighted by atomic mass is 79.9. The van der Waals surface area contributed by atoms with Gasteiger partial charge in [0.1, 0.15) is 0 Å². The molecule has 0 saturated heterocycles. The van der Waals surface area contributed by atoms with Crippen molar-refractivity contribution < 1.29 is 9.90 Å². The SMILES string of the molecule is CCN(c1ccccc1)c1ccc(C(=O)O)c(Br)c1. The van der Waals surface area contributed by atoms with Crippen LogP contribution < -0.4 is 4.90 Å². The number of benzene rings is 2. The van der Waals surface area contributed by atoms with E-state index in [1.165, 1.54) is 0 Å². The van der Waals surface area contributed by atoms with Crippen LogP contribution in [0.3, 0.4) is 0 Å². The molecule has 19 heavy (non-hydrogen) atoms. The molecule has 0 atom stereocenters. The van der Waals surface area contributed by atoms with Crippen molar-refractivity contribution in [3.63, 3.8) is 0 Å². The molecule has 0 aliphatic heterocycles. The molecule has 0 fully saturated rings. The van der Waals surface area contributed by atoms with Crippen LogP contribution in [0.15, 0.2) is 53.0 Å². The van der Waals surface area contributed by atoms with Crippen LogP contribution in [0.1, 0.15) is 17.3 Å². The number of carbonyl (C=O) groups is 1. The molecule has 0 aromatic heterocycles. The first kappa shape index (κ1) is 13.6. The Balaban J connectivity index is 2.40. The monoisotopic (exact) mass is 319 g/mol. The van der Waals surface area contributed by atoms with Crippen LogP contribution >= 0.6 is 15.9 Å². The molecular weight excluding hydrogens is 306 g/mol. The molecule has 0 bridgehead atoms. The Morgan fingerprint density at radius 2 is 1.84 bits per heavy atom. The van der Waals surface area contributed by atoms with Crippen molar-refractivity contribution in [3.8, 4) is 0 Å². The molecule has 0 amide bonds. The topological polar surface area (TPSA) is 40.5 Å². The summed E-state index contributed by atoms with van der Waals surface area (Å²) in [6.07, 6.45) is 0. The maximum absolute atomic E-state index is 11.0. The summed E-state index contributed by atoms with van der Waals surface area (Å²) in [6.45, 7) is 2.87. The first-order valence-corrected chi connectivity index (χ1v) is 6.78. The Kier molecular flexibility index (Phi) is 4.22. The van der Waals surface area contributed by atoms with Crippen LogP contribution in [0, 0.1) is 0 Å². The molecule has 0 unspecified atom stereocenters. The zero-order valence-electron chi connectivity index (χ0n) is 10.5. The fraction of sp³-hybridized carbons (Fsp3) is 0.133. The smallest absolute Gasteiger partial charge is 0.336 e. The van der Waals surface area contributed by atoms with E-state index >= 15 is 0 Å². The molecule has 0 aliphatic carbocycles. The van der Waals surface area contributed by atoms with Crippen molar-refractivity contribution >= 4 is 33.3 Å². The van der Waals surface area contributed by atoms with E-state index in [9.17, 15) is 4.79 Å². The van der Waals surface area contributed by atoms with Gasteiger partial charge in [-0.3, -0.25) is 0 Å². The molecule has 0 radical (unpaired) electrons. The van der Waals surface area contributed by atoms with Crippen molar-refractivity contribution in [3.05, 3.63) is 58.6 Å². The van der Waals surface area contributed by atoms with Gasteiger partial charge >= 0.3 is 5.97 Å². The molecule has 2 rings (SSSR count). The Labute approximate surface area is 120 Å². The molecule has 4 heteroatoms. The average Bonchev–Trinajstić information content (AvgIpc) is 2.40. The highest BCUT2D eigenvalue weighted by Gasteiger charge is 2.12. The predicted octanol–water partition coefficient (Wildman–Crippen LogP) is 4.31. The Bertz CT molecular complexity index is 584. The second-order valence-corrected chi connectivity index (χ2v) is 4.90. The second kappa shape index (κ2) is 5.89. The van der Waals surface area contributed by atoms with E-state index in [2.05, 4.69) is 27.8 Å². The third-order valence-electron chi connectivity index (χ3n) is 2.88. The lowest BCUT2D eigenvalue weighted by Gasteiger charge is -2.23. The van der Waals surface area contributed by atoms with Gasteiger partial charge < -0.3 is 10.0 Å². The van der Waals surface area contributed by atoms with Crippen LogP contribution in [0.2, 0.25) is 0 Å². The van der Waals surface area contributed by atoms with Gasteiger partial charge in [-0.05, 0) is 53.2 Å². The molecule has 2 aromatic carbocycles. The fourth-order valence-electron chi connectivity index (χ4n) is 1.97. The van der Waals surface area contributed by atoms with Crippen molar-refractivity contribution in [2.75, 3.05) is 11.4 Å². The van der Waals surface area contributed by atoms with Crippen LogP contribution in [0.4, 0.5) is 11.4 Å². The molecular formula is C15H14BrNO2. The van der Waals surface area contributed by atoms with Crippen molar-refractivity contribution in [1.29, 1.82) is 0 Å². The highest BCUT2D eigenvalue weighted by Crippen LogP contribution is 2.29. The van der Waals surface area contributed by atoms with Crippen molar-refractivity contribution in [2.45, 2.75) is 6.92 Å². The Morgan fingerprint density at radius 1 is 1.16 bits per heavy atom. The Morgan fingerprint density at radius 3 is 2.37 bits per heavy atom. The van der Waals surface area contributed by atoms with Crippen LogP contribution in [0.5, 0.6) is 0 Å². The molecule has 3 nitrogen and oxygen atoms in total. The number of anilines is 2. The van der Waals surface area contributed by atoms with E-state index in [1.54, 1.807) is 6.07 Å². The zero-order chi connectivity index (χ0) is 13.8. The van der Waals surface area contributed by atoms with E-state index in [-0.39, 0.29) is 5.56 Å². The minimum absolute atomic E-state index is 0.271. The molecule has 0 spiro atoms. The highest BCUT2D eigenvalue weighted by molar-refractivity contribution is 9.10. The normalized spacial score (nSPS) is 10.2. The standard InChI is InChI=1S/C15H14BrNO2/c1-2-17(11-6-4-3-5-7-11)12-8-9-13(15(18)19)14(16)10-12/h3-10H,2H2,1H3,(H,18,19). The lowest BCUT2D eigenvalue weighted by atomic mass is 10.2. The molecule has 0 saturated carbocycles.